The fraction of sp³-hybridized carbons (Fsp3) is 0.500. The average Bonchev–Trinajstić information content (AvgIpc) is 2.24. The van der Waals surface area contributed by atoms with Gasteiger partial charge in [-0.3, -0.25) is 4.79 Å². The van der Waals surface area contributed by atoms with Gasteiger partial charge in [0.15, 0.2) is 5.60 Å². The van der Waals surface area contributed by atoms with Crippen LogP contribution in [0.3, 0.4) is 0 Å². The molecular formula is C14H19NO3. The zero-order chi connectivity index (χ0) is 13.7. The van der Waals surface area contributed by atoms with Gasteiger partial charge in [0.25, 0.3) is 5.91 Å². The van der Waals surface area contributed by atoms with E-state index in [1.165, 1.54) is 0 Å². The molecule has 0 bridgehead atoms. The van der Waals surface area contributed by atoms with Crippen LogP contribution in [0, 0.1) is 0 Å². The number of carbonyl (C=O) groups excluding carboxylic acids is 1. The second kappa shape index (κ2) is 3.72. The van der Waals surface area contributed by atoms with E-state index in [0.29, 0.717) is 11.4 Å². The first-order valence-electron chi connectivity index (χ1n) is 5.97. The Kier molecular flexibility index (Phi) is 2.66. The van der Waals surface area contributed by atoms with E-state index in [-0.39, 0.29) is 5.91 Å². The third-order valence-electron chi connectivity index (χ3n) is 3.21. The van der Waals surface area contributed by atoms with Gasteiger partial charge in [0, 0.05) is 7.05 Å². The maximum Gasteiger partial charge on any atom is 0.270 e. The fourth-order valence-electron chi connectivity index (χ4n) is 2.08. The van der Waals surface area contributed by atoms with Crippen LogP contribution in [0.25, 0.3) is 0 Å². The molecule has 0 saturated heterocycles. The first kappa shape index (κ1) is 12.9. The normalized spacial score (nSPS) is 18.3. The lowest BCUT2D eigenvalue weighted by Gasteiger charge is -2.37. The number of carbonyl (C=O) groups is 1. The molecule has 0 radical (unpaired) electrons. The van der Waals surface area contributed by atoms with Gasteiger partial charge in [-0.25, -0.2) is 0 Å². The highest BCUT2D eigenvalue weighted by molar-refractivity contribution is 6.01. The lowest BCUT2D eigenvalue weighted by atomic mass is 9.96. The molecule has 0 spiro atoms. The lowest BCUT2D eigenvalue weighted by Crippen LogP contribution is -2.51. The molecule has 1 amide bonds. The highest BCUT2D eigenvalue weighted by atomic mass is 16.5. The number of rotatable bonds is 1. The topological polar surface area (TPSA) is 49.8 Å². The molecule has 0 atom stereocenters. The van der Waals surface area contributed by atoms with Gasteiger partial charge in [-0.2, -0.15) is 0 Å². The van der Waals surface area contributed by atoms with E-state index in [1.54, 1.807) is 51.8 Å². The number of ether oxygens (including phenoxy) is 1. The Balaban J connectivity index is 2.53. The molecule has 1 N–H and O–H groups in total. The minimum atomic E-state index is -0.939. The zero-order valence-corrected chi connectivity index (χ0v) is 11.4. The zero-order valence-electron chi connectivity index (χ0n) is 11.4. The molecule has 18 heavy (non-hydrogen) atoms. The number of likely N-dealkylation sites (N-methyl/N-ethyl adjacent to an activating group) is 1. The molecule has 0 aliphatic carbocycles. The van der Waals surface area contributed by atoms with Crippen molar-refractivity contribution >= 4 is 11.6 Å². The number of hydrogen-bond acceptors (Lipinski definition) is 3. The summed E-state index contributed by atoms with van der Waals surface area (Å²) in [6.07, 6.45) is 0. The largest absolute Gasteiger partial charge is 0.476 e. The molecule has 4 heteroatoms. The number of amides is 1. The third kappa shape index (κ3) is 1.97. The maximum absolute atomic E-state index is 12.1. The summed E-state index contributed by atoms with van der Waals surface area (Å²) < 4.78 is 5.70. The molecule has 98 valence electrons. The van der Waals surface area contributed by atoms with Gasteiger partial charge in [0.2, 0.25) is 0 Å². The summed E-state index contributed by atoms with van der Waals surface area (Å²) in [6, 6.07) is 5.41. The molecule has 1 aliphatic heterocycles. The maximum atomic E-state index is 12.1. The number of anilines is 1. The molecule has 4 nitrogen and oxygen atoms in total. The predicted octanol–water partition coefficient (Wildman–Crippen LogP) is 2.05. The molecule has 1 aliphatic rings. The van der Waals surface area contributed by atoms with Crippen LogP contribution < -0.4 is 9.64 Å². The Bertz CT molecular complexity index is 500. The van der Waals surface area contributed by atoms with Gasteiger partial charge in [0.1, 0.15) is 5.75 Å². The molecule has 0 fully saturated rings. The summed E-state index contributed by atoms with van der Waals surface area (Å²) in [5, 5.41) is 10.0. The summed E-state index contributed by atoms with van der Waals surface area (Å²) >= 11 is 0. The van der Waals surface area contributed by atoms with Crippen molar-refractivity contribution in [3.63, 3.8) is 0 Å². The van der Waals surface area contributed by atoms with Crippen LogP contribution in [0.1, 0.15) is 33.3 Å². The van der Waals surface area contributed by atoms with Crippen molar-refractivity contribution in [2.45, 2.75) is 38.9 Å². The van der Waals surface area contributed by atoms with Crippen molar-refractivity contribution in [1.82, 2.24) is 0 Å². The molecule has 1 heterocycles. The van der Waals surface area contributed by atoms with Crippen LogP contribution in [0.15, 0.2) is 18.2 Å². The Morgan fingerprint density at radius 1 is 1.33 bits per heavy atom. The second-order valence-corrected chi connectivity index (χ2v) is 5.72. The summed E-state index contributed by atoms with van der Waals surface area (Å²) in [6.45, 7) is 6.92. The van der Waals surface area contributed by atoms with E-state index in [4.69, 9.17) is 4.74 Å². The quantitative estimate of drug-likeness (QED) is 0.828. The summed E-state index contributed by atoms with van der Waals surface area (Å²) in [5.41, 5.74) is -0.340. The van der Waals surface area contributed by atoms with Crippen molar-refractivity contribution < 1.29 is 14.6 Å². The molecular weight excluding hydrogens is 230 g/mol. The number of nitrogens with zero attached hydrogens (tertiary/aromatic N) is 1. The van der Waals surface area contributed by atoms with Gasteiger partial charge < -0.3 is 14.7 Å². The number of fused-ring (bicyclic) bond motifs is 1. The monoisotopic (exact) mass is 249 g/mol. The smallest absolute Gasteiger partial charge is 0.270 e. The van der Waals surface area contributed by atoms with Crippen LogP contribution in [0.2, 0.25) is 0 Å². The van der Waals surface area contributed by atoms with Gasteiger partial charge in [-0.1, -0.05) is 6.07 Å². The van der Waals surface area contributed by atoms with Crippen LogP contribution in [0.5, 0.6) is 5.75 Å². The van der Waals surface area contributed by atoms with Gasteiger partial charge in [-0.05, 0) is 45.4 Å². The first-order chi connectivity index (χ1) is 8.13. The Morgan fingerprint density at radius 2 is 1.94 bits per heavy atom. The molecule has 0 aromatic heterocycles. The lowest BCUT2D eigenvalue weighted by molar-refractivity contribution is -0.132. The molecule has 0 saturated carbocycles. The number of hydrogen-bond donors (Lipinski definition) is 1. The van der Waals surface area contributed by atoms with Crippen molar-refractivity contribution in [3.05, 3.63) is 23.8 Å². The second-order valence-electron chi connectivity index (χ2n) is 5.72. The SMILES string of the molecule is CN1C(=O)C(C)(C)Oc2ccc(C(C)(C)O)cc21. The van der Waals surface area contributed by atoms with Crippen LogP contribution in [-0.2, 0) is 10.4 Å². The summed E-state index contributed by atoms with van der Waals surface area (Å²) in [7, 11) is 1.72. The Morgan fingerprint density at radius 3 is 2.50 bits per heavy atom. The molecule has 1 aromatic rings. The van der Waals surface area contributed by atoms with Gasteiger partial charge in [-0.15, -0.1) is 0 Å². The number of benzene rings is 1. The van der Waals surface area contributed by atoms with E-state index in [1.807, 2.05) is 6.07 Å². The number of aliphatic hydroxyl groups is 1. The Labute approximate surface area is 107 Å². The van der Waals surface area contributed by atoms with Crippen LogP contribution >= 0.6 is 0 Å². The predicted molar refractivity (Wildman–Crippen MR) is 69.8 cm³/mol. The highest BCUT2D eigenvalue weighted by Crippen LogP contribution is 2.39. The van der Waals surface area contributed by atoms with Crippen LogP contribution in [-0.4, -0.2) is 23.7 Å². The fourth-order valence-corrected chi connectivity index (χ4v) is 2.08. The van der Waals surface area contributed by atoms with E-state index >= 15 is 0 Å². The minimum Gasteiger partial charge on any atom is -0.476 e. The van der Waals surface area contributed by atoms with Crippen molar-refractivity contribution in [1.29, 1.82) is 0 Å². The van der Waals surface area contributed by atoms with Crippen molar-refractivity contribution in [2.24, 2.45) is 0 Å². The van der Waals surface area contributed by atoms with Gasteiger partial charge >= 0.3 is 0 Å². The van der Waals surface area contributed by atoms with Crippen LogP contribution in [0.4, 0.5) is 5.69 Å². The average molecular weight is 249 g/mol. The van der Waals surface area contributed by atoms with E-state index in [9.17, 15) is 9.90 Å². The van der Waals surface area contributed by atoms with E-state index < -0.39 is 11.2 Å². The van der Waals surface area contributed by atoms with E-state index in [0.717, 1.165) is 5.56 Å². The molecule has 0 unspecified atom stereocenters. The molecule has 1 aromatic carbocycles. The third-order valence-corrected chi connectivity index (χ3v) is 3.21. The van der Waals surface area contributed by atoms with Crippen molar-refractivity contribution in [2.75, 3.05) is 11.9 Å². The minimum absolute atomic E-state index is 0.0945. The summed E-state index contributed by atoms with van der Waals surface area (Å²) in [5.74, 6) is 0.568. The van der Waals surface area contributed by atoms with Crippen molar-refractivity contribution in [3.8, 4) is 5.75 Å². The van der Waals surface area contributed by atoms with E-state index in [2.05, 4.69) is 0 Å². The molecule has 2 rings (SSSR count). The summed E-state index contributed by atoms with van der Waals surface area (Å²) in [4.78, 5) is 13.7. The standard InChI is InChI=1S/C14H19NO3/c1-13(2,17)9-6-7-11-10(8-9)15(5)12(16)14(3,4)18-11/h6-8,17H,1-5H3. The van der Waals surface area contributed by atoms with Gasteiger partial charge in [0.05, 0.1) is 11.3 Å². The first-order valence-corrected chi connectivity index (χ1v) is 5.97. The Hall–Kier alpha value is -1.55. The highest BCUT2D eigenvalue weighted by Gasteiger charge is 2.39.